The van der Waals surface area contributed by atoms with E-state index in [1.165, 1.54) is 82.6 Å². The number of benzene rings is 6. The van der Waals surface area contributed by atoms with Gasteiger partial charge in [-0.25, -0.2) is 0 Å². The Morgan fingerprint density at radius 3 is 1.26 bits per heavy atom. The first-order chi connectivity index (χ1) is 18.8. The van der Waals surface area contributed by atoms with Crippen LogP contribution in [0.15, 0.2) is 95.7 Å². The molecular formula is C34H16S2Se2. The molecule has 0 N–H and O–H groups in total. The zero-order chi connectivity index (χ0) is 24.5. The van der Waals surface area contributed by atoms with Gasteiger partial charge in [-0.3, -0.25) is 0 Å². The van der Waals surface area contributed by atoms with Crippen molar-refractivity contribution in [2.45, 2.75) is 0 Å². The zero-order valence-corrected chi connectivity index (χ0v) is 24.9. The van der Waals surface area contributed by atoms with Gasteiger partial charge in [-0.15, -0.1) is 0 Å². The fourth-order valence-corrected chi connectivity index (χ4v) is 13.2. The summed E-state index contributed by atoms with van der Waals surface area (Å²) in [6.45, 7) is 0. The standard InChI is InChI=1S/C34H16S2Se2/c1-3-25-27-11-21-13-29-17(5-7-35-29)9-19(21)15-31(27)38-34(25)24-2-4-26-28-12-22-14-30-18(6-8-36-30)10-20(22)16-32(28)37-33(26)23(1)24/h1-16H. The molecule has 0 fully saturated rings. The Hall–Kier alpha value is -2.94. The molecule has 4 aromatic heterocycles. The van der Waals surface area contributed by atoms with Crippen LogP contribution in [0.3, 0.4) is 0 Å². The van der Waals surface area contributed by atoms with E-state index in [-0.39, 0.29) is 0 Å². The van der Waals surface area contributed by atoms with Gasteiger partial charge in [0.25, 0.3) is 0 Å². The van der Waals surface area contributed by atoms with Crippen LogP contribution in [0.1, 0.15) is 0 Å². The summed E-state index contributed by atoms with van der Waals surface area (Å²) in [4.78, 5) is 0. The van der Waals surface area contributed by atoms with Crippen molar-refractivity contribution in [1.82, 2.24) is 0 Å². The summed E-state index contributed by atoms with van der Waals surface area (Å²) >= 11 is 4.33. The first kappa shape index (κ1) is 21.0. The third-order valence-corrected chi connectivity index (χ3v) is 14.9. The number of hydrogen-bond acceptors (Lipinski definition) is 2. The maximum atomic E-state index is 2.47. The van der Waals surface area contributed by atoms with E-state index in [1.54, 1.807) is 8.52 Å². The van der Waals surface area contributed by atoms with Crippen LogP contribution < -0.4 is 0 Å². The molecule has 0 nitrogen and oxygen atoms in total. The molecule has 10 aromatic rings. The van der Waals surface area contributed by atoms with Crippen molar-refractivity contribution in [3.8, 4) is 0 Å². The average Bonchev–Trinajstić information content (AvgIpc) is 3.72. The first-order valence-electron chi connectivity index (χ1n) is 12.6. The van der Waals surface area contributed by atoms with Crippen molar-refractivity contribution in [3.63, 3.8) is 0 Å². The molecule has 38 heavy (non-hydrogen) atoms. The van der Waals surface area contributed by atoms with E-state index in [0.717, 1.165) is 0 Å². The van der Waals surface area contributed by atoms with Gasteiger partial charge >= 0.3 is 238 Å². The molecule has 0 aliphatic rings. The van der Waals surface area contributed by atoms with E-state index >= 15 is 0 Å². The second-order valence-corrected chi connectivity index (χ2v) is 16.5. The SMILES string of the molecule is c1cc2cc3cc4[se]c5c(ccc6c5ccc5c7cc8cc9sccc9cc8cc7[se]c56)c4cc3cc2s1. The summed E-state index contributed by atoms with van der Waals surface area (Å²) < 4.78 is 8.96. The van der Waals surface area contributed by atoms with Crippen LogP contribution in [0.2, 0.25) is 0 Å². The number of thiophene rings is 2. The van der Waals surface area contributed by atoms with E-state index in [2.05, 4.69) is 95.7 Å². The Balaban J connectivity index is 1.27. The van der Waals surface area contributed by atoms with E-state index < -0.39 is 0 Å². The molecule has 0 atom stereocenters. The summed E-state index contributed by atoms with van der Waals surface area (Å²) in [6.07, 6.45) is 0. The fraction of sp³-hybridized carbons (Fsp3) is 0. The second kappa shape index (κ2) is 7.37. The molecule has 0 radical (unpaired) electrons. The van der Waals surface area contributed by atoms with Crippen LogP contribution >= 0.6 is 22.7 Å². The molecule has 0 saturated heterocycles. The monoisotopic (exact) mass is 648 g/mol. The molecule has 0 spiro atoms. The van der Waals surface area contributed by atoms with Gasteiger partial charge in [0, 0.05) is 0 Å². The Morgan fingerprint density at radius 1 is 0.368 bits per heavy atom. The van der Waals surface area contributed by atoms with Crippen molar-refractivity contribution < 1.29 is 0 Å². The molecule has 0 unspecified atom stereocenters. The van der Waals surface area contributed by atoms with E-state index in [1.807, 2.05) is 22.7 Å². The van der Waals surface area contributed by atoms with Gasteiger partial charge in [0.2, 0.25) is 0 Å². The predicted octanol–water partition coefficient (Wildman–Crippen LogP) is 10.3. The van der Waals surface area contributed by atoms with E-state index in [4.69, 9.17) is 0 Å². The molecule has 0 saturated carbocycles. The molecule has 0 bridgehead atoms. The van der Waals surface area contributed by atoms with E-state index in [0.29, 0.717) is 29.0 Å². The molecule has 0 aliphatic heterocycles. The summed E-state index contributed by atoms with van der Waals surface area (Å²) in [5.74, 6) is 0. The third-order valence-electron chi connectivity index (χ3n) is 8.13. The van der Waals surface area contributed by atoms with Crippen LogP contribution in [0.4, 0.5) is 0 Å². The van der Waals surface area contributed by atoms with Crippen molar-refractivity contribution >= 4 is 143 Å². The normalized spacial score (nSPS) is 12.7. The average molecular weight is 647 g/mol. The van der Waals surface area contributed by atoms with Gasteiger partial charge in [-0.2, -0.15) is 0 Å². The van der Waals surface area contributed by atoms with Crippen LogP contribution in [0, 0.1) is 0 Å². The molecular weight excluding hydrogens is 630 g/mol. The minimum absolute atomic E-state index is 0.328. The molecule has 4 heterocycles. The summed E-state index contributed by atoms with van der Waals surface area (Å²) in [6, 6.07) is 33.5. The Labute approximate surface area is 236 Å². The molecule has 6 aromatic carbocycles. The molecule has 10 rings (SSSR count). The predicted molar refractivity (Wildman–Crippen MR) is 174 cm³/mol. The van der Waals surface area contributed by atoms with Gasteiger partial charge in [0.05, 0.1) is 0 Å². The van der Waals surface area contributed by atoms with Gasteiger partial charge in [-0.1, -0.05) is 0 Å². The second-order valence-electron chi connectivity index (χ2n) is 10.2. The summed E-state index contributed by atoms with van der Waals surface area (Å²) in [5.41, 5.74) is 0. The molecule has 0 aliphatic carbocycles. The summed E-state index contributed by atoms with van der Waals surface area (Å²) in [7, 11) is 0. The fourth-order valence-electron chi connectivity index (χ4n) is 6.28. The number of rotatable bonds is 0. The number of hydrogen-bond donors (Lipinski definition) is 0. The van der Waals surface area contributed by atoms with Gasteiger partial charge in [0.15, 0.2) is 0 Å². The topological polar surface area (TPSA) is 0 Å². The molecule has 0 amide bonds. The Bertz CT molecular complexity index is 2440. The summed E-state index contributed by atoms with van der Waals surface area (Å²) in [5, 5.41) is 21.4. The van der Waals surface area contributed by atoms with Crippen LogP contribution in [-0.2, 0) is 0 Å². The Morgan fingerprint density at radius 2 is 0.789 bits per heavy atom. The number of fused-ring (bicyclic) bond motifs is 13. The van der Waals surface area contributed by atoms with Gasteiger partial charge in [0.1, 0.15) is 0 Å². The van der Waals surface area contributed by atoms with Crippen molar-refractivity contribution in [2.75, 3.05) is 0 Å². The maximum absolute atomic E-state index is 2.47. The van der Waals surface area contributed by atoms with Crippen molar-refractivity contribution in [3.05, 3.63) is 95.7 Å². The molecule has 176 valence electrons. The van der Waals surface area contributed by atoms with Crippen molar-refractivity contribution in [2.24, 2.45) is 0 Å². The van der Waals surface area contributed by atoms with Crippen LogP contribution in [-0.4, -0.2) is 29.0 Å². The Kier molecular flexibility index (Phi) is 4.06. The zero-order valence-electron chi connectivity index (χ0n) is 19.9. The third kappa shape index (κ3) is 2.75. The first-order valence-corrected chi connectivity index (χ1v) is 17.8. The van der Waals surface area contributed by atoms with Crippen molar-refractivity contribution in [1.29, 1.82) is 0 Å². The van der Waals surface area contributed by atoms with Gasteiger partial charge < -0.3 is 0 Å². The van der Waals surface area contributed by atoms with E-state index in [9.17, 15) is 0 Å². The van der Waals surface area contributed by atoms with Crippen LogP contribution in [0.5, 0.6) is 0 Å². The van der Waals surface area contributed by atoms with Gasteiger partial charge in [-0.05, 0) is 0 Å². The van der Waals surface area contributed by atoms with Crippen LogP contribution in [0.25, 0.3) is 91.1 Å². The minimum atomic E-state index is 0.328. The molecule has 4 heteroatoms. The quantitative estimate of drug-likeness (QED) is 0.144.